The Morgan fingerprint density at radius 2 is 1.03 bits per heavy atom. The lowest BCUT2D eigenvalue weighted by Crippen LogP contribution is -2.18. The molecule has 2 N–H and O–H groups in total. The van der Waals surface area contributed by atoms with Gasteiger partial charge in [0.05, 0.1) is 21.6 Å². The molecular formula is C30H48O4S2. The molecule has 4 nitrogen and oxygen atoms in total. The summed E-state index contributed by atoms with van der Waals surface area (Å²) in [6.07, 6.45) is 17.1. The standard InChI is InChI=1S/C30H48O4S2/c1-27(2,21-31)15-9-11-23-17-29(5,6)19-25(35(23)33)13-14-26-20-30(7,8)18-24(36(26)34)12-10-16-28(3,4)22-32/h13-14,17-20,31-32H,9-12,15-16,21-22H2,1-8H3/b14-13+. The van der Waals surface area contributed by atoms with Gasteiger partial charge in [-0.25, -0.2) is 8.42 Å². The fourth-order valence-electron chi connectivity index (χ4n) is 4.52. The van der Waals surface area contributed by atoms with Crippen LogP contribution in [0.2, 0.25) is 0 Å². The van der Waals surface area contributed by atoms with E-state index in [1.165, 1.54) is 0 Å². The van der Waals surface area contributed by atoms with Crippen LogP contribution in [0.25, 0.3) is 0 Å². The van der Waals surface area contributed by atoms with E-state index in [-0.39, 0.29) is 34.9 Å². The lowest BCUT2D eigenvalue weighted by atomic mass is 9.87. The highest BCUT2D eigenvalue weighted by Gasteiger charge is 2.28. The van der Waals surface area contributed by atoms with E-state index in [0.717, 1.165) is 58.1 Å². The summed E-state index contributed by atoms with van der Waals surface area (Å²) in [6, 6.07) is 0. The number of aliphatic hydroxyl groups excluding tert-OH is 2. The summed E-state index contributed by atoms with van der Waals surface area (Å²) in [6.45, 7) is 16.9. The fourth-order valence-corrected chi connectivity index (χ4v) is 7.81. The smallest absolute Gasteiger partial charge is 0.0802 e. The van der Waals surface area contributed by atoms with E-state index in [9.17, 15) is 18.6 Å². The van der Waals surface area contributed by atoms with E-state index < -0.39 is 21.6 Å². The first-order valence-electron chi connectivity index (χ1n) is 13.1. The van der Waals surface area contributed by atoms with Gasteiger partial charge < -0.3 is 10.2 Å². The summed E-state index contributed by atoms with van der Waals surface area (Å²) in [7, 11) is -2.49. The van der Waals surface area contributed by atoms with Crippen LogP contribution in [0.5, 0.6) is 0 Å². The van der Waals surface area contributed by atoms with E-state index >= 15 is 0 Å². The molecule has 0 spiro atoms. The van der Waals surface area contributed by atoms with Gasteiger partial charge >= 0.3 is 0 Å². The molecule has 0 radical (unpaired) electrons. The van der Waals surface area contributed by atoms with Crippen molar-refractivity contribution in [3.8, 4) is 0 Å². The monoisotopic (exact) mass is 536 g/mol. The zero-order valence-electron chi connectivity index (χ0n) is 23.6. The molecule has 2 heterocycles. The van der Waals surface area contributed by atoms with Crippen molar-refractivity contribution in [1.29, 1.82) is 0 Å². The van der Waals surface area contributed by atoms with Gasteiger partial charge in [-0.1, -0.05) is 79.7 Å². The quantitative estimate of drug-likeness (QED) is 0.281. The molecule has 0 saturated heterocycles. The number of allylic oxidation sites excluding steroid dienone is 8. The average Bonchev–Trinajstić information content (AvgIpc) is 2.76. The van der Waals surface area contributed by atoms with Gasteiger partial charge in [0, 0.05) is 43.7 Å². The molecule has 0 aromatic heterocycles. The Kier molecular flexibility index (Phi) is 10.5. The average molecular weight is 537 g/mol. The lowest BCUT2D eigenvalue weighted by Gasteiger charge is -2.27. The largest absolute Gasteiger partial charge is 0.396 e. The molecule has 204 valence electrons. The minimum Gasteiger partial charge on any atom is -0.396 e. The maximum atomic E-state index is 13.4. The summed E-state index contributed by atoms with van der Waals surface area (Å²) >= 11 is 0. The minimum atomic E-state index is -1.24. The second-order valence-electron chi connectivity index (χ2n) is 13.2. The van der Waals surface area contributed by atoms with Gasteiger partial charge in [-0.15, -0.1) is 0 Å². The topological polar surface area (TPSA) is 74.6 Å². The second-order valence-corrected chi connectivity index (χ2v) is 16.2. The SMILES string of the molecule is CC1(C)C=C(/C=C/C2=CC(C)(C)C=C(CCCC(C)(C)CO)S2=O)S(=O)C(CCCC(C)(C)CO)=C1. The molecule has 2 atom stereocenters. The van der Waals surface area contributed by atoms with Crippen LogP contribution in [0.4, 0.5) is 0 Å². The van der Waals surface area contributed by atoms with Crippen molar-refractivity contribution in [3.05, 3.63) is 56.1 Å². The third kappa shape index (κ3) is 9.34. The van der Waals surface area contributed by atoms with Gasteiger partial charge in [0.25, 0.3) is 0 Å². The zero-order valence-corrected chi connectivity index (χ0v) is 25.3. The van der Waals surface area contributed by atoms with Gasteiger partial charge in [0.2, 0.25) is 0 Å². The molecule has 0 bridgehead atoms. The first kappa shape index (κ1) is 31.1. The van der Waals surface area contributed by atoms with Gasteiger partial charge in [-0.3, -0.25) is 0 Å². The maximum absolute atomic E-state index is 13.4. The van der Waals surface area contributed by atoms with E-state index in [0.29, 0.717) is 0 Å². The third-order valence-electron chi connectivity index (χ3n) is 6.82. The van der Waals surface area contributed by atoms with Gasteiger partial charge in [0.1, 0.15) is 0 Å². The van der Waals surface area contributed by atoms with Crippen LogP contribution in [-0.4, -0.2) is 31.8 Å². The predicted octanol–water partition coefficient (Wildman–Crippen LogP) is 7.03. The molecule has 2 unspecified atom stereocenters. The number of hydrogen-bond acceptors (Lipinski definition) is 4. The highest BCUT2D eigenvalue weighted by atomic mass is 32.2. The minimum absolute atomic E-state index is 0.131. The van der Waals surface area contributed by atoms with Gasteiger partial charge in [-0.2, -0.15) is 0 Å². The van der Waals surface area contributed by atoms with Crippen LogP contribution in [0, 0.1) is 21.7 Å². The summed E-state index contributed by atoms with van der Waals surface area (Å²) in [5, 5.41) is 19.1. The summed E-state index contributed by atoms with van der Waals surface area (Å²) in [5.74, 6) is 0. The van der Waals surface area contributed by atoms with Crippen molar-refractivity contribution in [2.75, 3.05) is 13.2 Å². The van der Waals surface area contributed by atoms with Gasteiger partial charge in [0.15, 0.2) is 0 Å². The zero-order chi connectivity index (χ0) is 27.4. The Morgan fingerprint density at radius 1 is 0.694 bits per heavy atom. The molecule has 2 aliphatic heterocycles. The van der Waals surface area contributed by atoms with Crippen molar-refractivity contribution in [1.82, 2.24) is 0 Å². The number of aliphatic hydroxyl groups is 2. The van der Waals surface area contributed by atoms with E-state index in [1.54, 1.807) is 0 Å². The van der Waals surface area contributed by atoms with E-state index in [4.69, 9.17) is 0 Å². The van der Waals surface area contributed by atoms with E-state index in [2.05, 4.69) is 39.8 Å². The van der Waals surface area contributed by atoms with Crippen LogP contribution < -0.4 is 0 Å². The van der Waals surface area contributed by atoms with Crippen molar-refractivity contribution < 1.29 is 18.6 Å². The molecular weight excluding hydrogens is 488 g/mol. The first-order chi connectivity index (χ1) is 16.5. The van der Waals surface area contributed by atoms with Crippen LogP contribution in [0.3, 0.4) is 0 Å². The molecule has 0 aromatic carbocycles. The van der Waals surface area contributed by atoms with Crippen molar-refractivity contribution in [3.63, 3.8) is 0 Å². The van der Waals surface area contributed by atoms with Crippen LogP contribution in [-0.2, 0) is 21.6 Å². The Bertz CT molecular complexity index is 924. The van der Waals surface area contributed by atoms with Crippen LogP contribution >= 0.6 is 0 Å². The van der Waals surface area contributed by atoms with Crippen LogP contribution in [0.1, 0.15) is 93.9 Å². The predicted molar refractivity (Wildman–Crippen MR) is 155 cm³/mol. The number of rotatable bonds is 12. The Hall–Kier alpha value is -1.08. The van der Waals surface area contributed by atoms with Crippen LogP contribution in [0.15, 0.2) is 56.1 Å². The molecule has 0 saturated carbocycles. The maximum Gasteiger partial charge on any atom is 0.0802 e. The van der Waals surface area contributed by atoms with Gasteiger partial charge in [-0.05, 0) is 61.5 Å². The Labute approximate surface area is 224 Å². The fraction of sp³-hybridized carbons (Fsp3) is 0.667. The Morgan fingerprint density at radius 3 is 1.33 bits per heavy atom. The molecule has 2 rings (SSSR count). The normalized spacial score (nSPS) is 24.3. The molecule has 0 amide bonds. The van der Waals surface area contributed by atoms with E-state index in [1.807, 2.05) is 52.0 Å². The Balaban J connectivity index is 2.15. The number of hydrogen-bond donors (Lipinski definition) is 2. The molecule has 6 heteroatoms. The first-order valence-corrected chi connectivity index (χ1v) is 15.4. The summed E-state index contributed by atoms with van der Waals surface area (Å²) < 4.78 is 26.8. The van der Waals surface area contributed by atoms with Crippen molar-refractivity contribution in [2.45, 2.75) is 93.9 Å². The van der Waals surface area contributed by atoms with Crippen molar-refractivity contribution >= 4 is 21.6 Å². The summed E-state index contributed by atoms with van der Waals surface area (Å²) in [5.41, 5.74) is -0.679. The highest BCUT2D eigenvalue weighted by Crippen LogP contribution is 2.38. The molecule has 0 fully saturated rings. The lowest BCUT2D eigenvalue weighted by molar-refractivity contribution is 0.148. The highest BCUT2D eigenvalue weighted by molar-refractivity contribution is 7.93. The molecule has 0 aliphatic carbocycles. The summed E-state index contributed by atoms with van der Waals surface area (Å²) in [4.78, 5) is 3.38. The molecule has 0 aromatic rings. The second kappa shape index (κ2) is 12.2. The molecule has 36 heavy (non-hydrogen) atoms. The van der Waals surface area contributed by atoms with Crippen molar-refractivity contribution in [2.24, 2.45) is 21.7 Å². The third-order valence-corrected chi connectivity index (χ3v) is 9.78. The molecule has 2 aliphatic rings.